The number of allylic oxidation sites excluding steroid dienone is 2. The monoisotopic (exact) mass is 471 g/mol. The van der Waals surface area contributed by atoms with Crippen LogP contribution >= 0.6 is 0 Å². The summed E-state index contributed by atoms with van der Waals surface area (Å²) in [6, 6.07) is 14.4. The van der Waals surface area contributed by atoms with Crippen LogP contribution in [0, 0.1) is 12.3 Å². The van der Waals surface area contributed by atoms with Crippen molar-refractivity contribution < 1.29 is 4.79 Å². The number of hydrogen-bond donors (Lipinski definition) is 7. The van der Waals surface area contributed by atoms with Gasteiger partial charge in [0.1, 0.15) is 11.6 Å². The quantitative estimate of drug-likeness (QED) is 0.185. The fraction of sp³-hybridized carbons (Fsp3) is 0.120. The van der Waals surface area contributed by atoms with Crippen molar-refractivity contribution in [3.63, 3.8) is 0 Å². The number of nitrogens with one attached hydrogen (secondary N) is 4. The molecule has 0 unspecified atom stereocenters. The lowest BCUT2D eigenvalue weighted by atomic mass is 10.0. The van der Waals surface area contributed by atoms with Crippen LogP contribution in [0.1, 0.15) is 22.4 Å². The molecule has 35 heavy (non-hydrogen) atoms. The molecule has 0 bridgehead atoms. The number of amides is 2. The molecule has 0 saturated carbocycles. The zero-order valence-corrected chi connectivity index (χ0v) is 19.4. The Morgan fingerprint density at radius 3 is 2.51 bits per heavy atom. The summed E-state index contributed by atoms with van der Waals surface area (Å²) in [6.07, 6.45) is 6.94. The molecule has 3 aromatic rings. The smallest absolute Gasteiger partial charge is 0.325 e. The molecule has 10 N–H and O–H groups in total. The SMILES string of the molecule is Cc1cc(C(=N)c2cnc(NC(=O)N/C(N)=C/C=C(\N)NCCc3ccccc3)cc2N)ccn1. The summed E-state index contributed by atoms with van der Waals surface area (Å²) < 4.78 is 0. The van der Waals surface area contributed by atoms with E-state index in [1.165, 1.54) is 23.9 Å². The third kappa shape index (κ3) is 7.60. The van der Waals surface area contributed by atoms with Crippen LogP contribution < -0.4 is 33.2 Å². The van der Waals surface area contributed by atoms with Crippen LogP contribution in [0.3, 0.4) is 0 Å². The van der Waals surface area contributed by atoms with E-state index in [9.17, 15) is 4.79 Å². The maximum atomic E-state index is 12.2. The first-order valence-electron chi connectivity index (χ1n) is 10.9. The molecule has 0 saturated heterocycles. The van der Waals surface area contributed by atoms with E-state index in [-0.39, 0.29) is 17.4 Å². The Labute approximate surface area is 203 Å². The highest BCUT2D eigenvalue weighted by Gasteiger charge is 2.12. The molecule has 3 rings (SSSR count). The first-order valence-corrected chi connectivity index (χ1v) is 10.9. The van der Waals surface area contributed by atoms with E-state index in [2.05, 4.69) is 25.9 Å². The summed E-state index contributed by atoms with van der Waals surface area (Å²) >= 11 is 0. The van der Waals surface area contributed by atoms with Gasteiger partial charge in [-0.05, 0) is 43.2 Å². The van der Waals surface area contributed by atoms with Crippen LogP contribution in [0.15, 0.2) is 84.7 Å². The minimum Gasteiger partial charge on any atom is -0.398 e. The fourth-order valence-corrected chi connectivity index (χ4v) is 3.16. The van der Waals surface area contributed by atoms with Crippen molar-refractivity contribution in [1.29, 1.82) is 5.41 Å². The molecule has 0 atom stereocenters. The molecule has 2 heterocycles. The van der Waals surface area contributed by atoms with Crippen molar-refractivity contribution in [3.05, 3.63) is 107 Å². The standard InChI is InChI=1S/C25H29N9O/c1-16-13-18(10-12-30-16)24(29)19-15-32-23(14-20(19)26)34-25(35)33-22(28)8-7-21(27)31-11-9-17-5-3-2-4-6-17/h2-8,10,12-15,29,31H,9,11,27-28H2,1H3,(H4,26,32,33,34,35)/b21-7+,22-8+,29-24?. The minimum atomic E-state index is -0.595. The molecular formula is C25H29N9O. The van der Waals surface area contributed by atoms with Crippen molar-refractivity contribution in [3.8, 4) is 0 Å². The lowest BCUT2D eigenvalue weighted by Crippen LogP contribution is -2.32. The van der Waals surface area contributed by atoms with E-state index in [1.807, 2.05) is 37.3 Å². The molecular weight excluding hydrogens is 442 g/mol. The topological polar surface area (TPSA) is 181 Å². The van der Waals surface area contributed by atoms with E-state index in [1.54, 1.807) is 24.4 Å². The summed E-state index contributed by atoms with van der Waals surface area (Å²) in [5.74, 6) is 0.727. The Hall–Kier alpha value is -4.86. The van der Waals surface area contributed by atoms with Gasteiger partial charge in [0, 0.05) is 47.5 Å². The number of rotatable bonds is 9. The molecule has 0 aliphatic carbocycles. The Balaban J connectivity index is 1.51. The third-order valence-corrected chi connectivity index (χ3v) is 4.92. The highest BCUT2D eigenvalue weighted by atomic mass is 16.2. The molecule has 2 amide bonds. The predicted molar refractivity (Wildman–Crippen MR) is 138 cm³/mol. The summed E-state index contributed by atoms with van der Waals surface area (Å²) in [5, 5.41) is 16.5. The number of urea groups is 1. The lowest BCUT2D eigenvalue weighted by Gasteiger charge is -2.11. The maximum Gasteiger partial charge on any atom is 0.325 e. The van der Waals surface area contributed by atoms with Gasteiger partial charge in [-0.15, -0.1) is 0 Å². The largest absolute Gasteiger partial charge is 0.398 e. The number of nitrogens with zero attached hydrogens (tertiary/aromatic N) is 2. The van der Waals surface area contributed by atoms with E-state index >= 15 is 0 Å². The first kappa shape index (κ1) is 24.8. The van der Waals surface area contributed by atoms with Crippen molar-refractivity contribution in [2.24, 2.45) is 11.5 Å². The number of hydrogen-bond acceptors (Lipinski definition) is 8. The van der Waals surface area contributed by atoms with Crippen LogP contribution in [0.25, 0.3) is 0 Å². The van der Waals surface area contributed by atoms with Crippen LogP contribution in [-0.2, 0) is 6.42 Å². The highest BCUT2D eigenvalue weighted by molar-refractivity contribution is 6.13. The number of carbonyl (C=O) groups excluding carboxylic acids is 1. The van der Waals surface area contributed by atoms with Gasteiger partial charge in [0.15, 0.2) is 0 Å². The van der Waals surface area contributed by atoms with Gasteiger partial charge in [0.05, 0.1) is 11.5 Å². The zero-order chi connectivity index (χ0) is 25.2. The van der Waals surface area contributed by atoms with Gasteiger partial charge in [0.2, 0.25) is 0 Å². The number of benzene rings is 1. The highest BCUT2D eigenvalue weighted by Crippen LogP contribution is 2.19. The van der Waals surface area contributed by atoms with Gasteiger partial charge >= 0.3 is 6.03 Å². The lowest BCUT2D eigenvalue weighted by molar-refractivity contribution is 0.254. The van der Waals surface area contributed by atoms with Gasteiger partial charge in [0.25, 0.3) is 0 Å². The van der Waals surface area contributed by atoms with Crippen molar-refractivity contribution in [2.75, 3.05) is 17.6 Å². The number of anilines is 2. The van der Waals surface area contributed by atoms with Crippen molar-refractivity contribution in [1.82, 2.24) is 20.6 Å². The third-order valence-electron chi connectivity index (χ3n) is 4.92. The molecule has 10 heteroatoms. The number of aromatic nitrogens is 2. The molecule has 0 aliphatic rings. The fourth-order valence-electron chi connectivity index (χ4n) is 3.16. The number of aryl methyl sites for hydroxylation is 1. The molecule has 0 fully saturated rings. The Bertz CT molecular complexity index is 1250. The molecule has 0 aliphatic heterocycles. The van der Waals surface area contributed by atoms with E-state index < -0.39 is 6.03 Å². The predicted octanol–water partition coefficient (Wildman–Crippen LogP) is 2.34. The summed E-state index contributed by atoms with van der Waals surface area (Å²) in [5.41, 5.74) is 21.5. The normalized spacial score (nSPS) is 11.6. The van der Waals surface area contributed by atoms with Gasteiger partial charge in [-0.3, -0.25) is 21.0 Å². The second-order valence-corrected chi connectivity index (χ2v) is 7.70. The van der Waals surface area contributed by atoms with Crippen LogP contribution in [0.4, 0.5) is 16.3 Å². The zero-order valence-electron chi connectivity index (χ0n) is 19.4. The summed E-state index contributed by atoms with van der Waals surface area (Å²) in [4.78, 5) is 20.6. The maximum absolute atomic E-state index is 12.2. The first-order chi connectivity index (χ1) is 16.8. The van der Waals surface area contributed by atoms with Gasteiger partial charge in [-0.25, -0.2) is 9.78 Å². The minimum absolute atomic E-state index is 0.0923. The molecule has 1 aromatic carbocycles. The number of nitrogens with two attached hydrogens (primary N) is 3. The molecule has 2 aromatic heterocycles. The van der Waals surface area contributed by atoms with E-state index in [0.29, 0.717) is 29.2 Å². The number of pyridine rings is 2. The molecule has 180 valence electrons. The van der Waals surface area contributed by atoms with Crippen LogP contribution in [-0.4, -0.2) is 28.3 Å². The van der Waals surface area contributed by atoms with E-state index in [0.717, 1.165) is 12.1 Å². The second-order valence-electron chi connectivity index (χ2n) is 7.70. The molecule has 0 spiro atoms. The second kappa shape index (κ2) is 11.8. The van der Waals surface area contributed by atoms with E-state index in [4.69, 9.17) is 22.6 Å². The average molecular weight is 472 g/mol. The number of nitrogen functional groups attached to an aromatic ring is 1. The van der Waals surface area contributed by atoms with Crippen LogP contribution in [0.2, 0.25) is 0 Å². The molecule has 10 nitrogen and oxygen atoms in total. The Morgan fingerprint density at radius 2 is 1.80 bits per heavy atom. The van der Waals surface area contributed by atoms with Crippen molar-refractivity contribution in [2.45, 2.75) is 13.3 Å². The number of carbonyl (C=O) groups is 1. The van der Waals surface area contributed by atoms with Gasteiger partial charge in [-0.1, -0.05) is 30.3 Å². The summed E-state index contributed by atoms with van der Waals surface area (Å²) in [6.45, 7) is 2.51. The average Bonchev–Trinajstić information content (AvgIpc) is 2.83. The van der Waals surface area contributed by atoms with Gasteiger partial charge in [-0.2, -0.15) is 0 Å². The Morgan fingerprint density at radius 1 is 1.06 bits per heavy atom. The van der Waals surface area contributed by atoms with Gasteiger partial charge < -0.3 is 22.5 Å². The summed E-state index contributed by atoms with van der Waals surface area (Å²) in [7, 11) is 0. The Kier molecular flexibility index (Phi) is 8.38. The van der Waals surface area contributed by atoms with Crippen molar-refractivity contribution >= 4 is 23.2 Å². The molecule has 0 radical (unpaired) electrons. The van der Waals surface area contributed by atoms with Crippen LogP contribution in [0.5, 0.6) is 0 Å².